The van der Waals surface area contributed by atoms with Gasteiger partial charge in [0.15, 0.2) is 0 Å². The molecule has 0 aromatic heterocycles. The molecule has 1 aliphatic rings. The zero-order chi connectivity index (χ0) is 11.6. The summed E-state index contributed by atoms with van der Waals surface area (Å²) < 4.78 is 0. The highest BCUT2D eigenvalue weighted by molar-refractivity contribution is 5.83. The van der Waals surface area contributed by atoms with Crippen molar-refractivity contribution in [2.75, 3.05) is 6.54 Å². The highest BCUT2D eigenvalue weighted by Crippen LogP contribution is 2.25. The average molecular weight is 212 g/mol. The summed E-state index contributed by atoms with van der Waals surface area (Å²) in [5, 5.41) is 0. The van der Waals surface area contributed by atoms with Gasteiger partial charge >= 0.3 is 0 Å². The van der Waals surface area contributed by atoms with Crippen LogP contribution in [0.15, 0.2) is 0 Å². The van der Waals surface area contributed by atoms with E-state index in [0.29, 0.717) is 6.04 Å². The molecule has 3 heteroatoms. The normalized spacial score (nSPS) is 24.3. The van der Waals surface area contributed by atoms with Crippen molar-refractivity contribution in [2.45, 2.75) is 59.0 Å². The first-order valence-corrected chi connectivity index (χ1v) is 5.94. The monoisotopic (exact) mass is 212 g/mol. The van der Waals surface area contributed by atoms with Crippen molar-refractivity contribution >= 4 is 5.91 Å². The van der Waals surface area contributed by atoms with Gasteiger partial charge in [0.05, 0.1) is 6.04 Å². The van der Waals surface area contributed by atoms with E-state index in [1.54, 1.807) is 0 Å². The molecule has 1 aliphatic heterocycles. The molecule has 88 valence electrons. The first-order valence-electron chi connectivity index (χ1n) is 5.94. The van der Waals surface area contributed by atoms with Crippen molar-refractivity contribution in [1.29, 1.82) is 0 Å². The molecule has 0 radical (unpaired) electrons. The van der Waals surface area contributed by atoms with Gasteiger partial charge in [0, 0.05) is 12.6 Å². The zero-order valence-electron chi connectivity index (χ0n) is 10.4. The van der Waals surface area contributed by atoms with Crippen molar-refractivity contribution in [1.82, 2.24) is 4.90 Å². The molecule has 3 nitrogen and oxygen atoms in total. The smallest absolute Gasteiger partial charge is 0.240 e. The van der Waals surface area contributed by atoms with Gasteiger partial charge < -0.3 is 10.6 Å². The van der Waals surface area contributed by atoms with Gasteiger partial charge in [0.25, 0.3) is 0 Å². The van der Waals surface area contributed by atoms with Crippen LogP contribution in [-0.2, 0) is 4.79 Å². The molecule has 1 heterocycles. The highest BCUT2D eigenvalue weighted by Gasteiger charge is 2.35. The van der Waals surface area contributed by atoms with Gasteiger partial charge in [-0.25, -0.2) is 0 Å². The molecule has 2 N–H and O–H groups in total. The van der Waals surface area contributed by atoms with Crippen LogP contribution < -0.4 is 5.73 Å². The summed E-state index contributed by atoms with van der Waals surface area (Å²) in [4.78, 5) is 14.1. The molecular formula is C12H24N2O. The van der Waals surface area contributed by atoms with E-state index in [1.807, 2.05) is 25.7 Å². The molecule has 15 heavy (non-hydrogen) atoms. The van der Waals surface area contributed by atoms with E-state index in [0.717, 1.165) is 25.8 Å². The standard InChI is InChI=1S/C12H24N2O/c1-5-9-7-6-8-14(9)11(15)10(13)12(2,3)4/h9-10H,5-8,13H2,1-4H3/t9?,10-/m1/s1. The van der Waals surface area contributed by atoms with Crippen LogP contribution in [-0.4, -0.2) is 29.4 Å². The molecule has 1 fully saturated rings. The van der Waals surface area contributed by atoms with E-state index in [4.69, 9.17) is 5.73 Å². The first-order chi connectivity index (χ1) is 6.88. The van der Waals surface area contributed by atoms with Crippen LogP contribution in [0.1, 0.15) is 47.0 Å². The van der Waals surface area contributed by atoms with Crippen LogP contribution >= 0.6 is 0 Å². The number of nitrogens with two attached hydrogens (primary N) is 1. The van der Waals surface area contributed by atoms with Crippen molar-refractivity contribution in [2.24, 2.45) is 11.1 Å². The van der Waals surface area contributed by atoms with Crippen molar-refractivity contribution < 1.29 is 4.79 Å². The van der Waals surface area contributed by atoms with E-state index in [2.05, 4.69) is 6.92 Å². The third-order valence-corrected chi connectivity index (χ3v) is 3.33. The topological polar surface area (TPSA) is 46.3 Å². The second-order valence-corrected chi connectivity index (χ2v) is 5.58. The largest absolute Gasteiger partial charge is 0.338 e. The maximum Gasteiger partial charge on any atom is 0.240 e. The summed E-state index contributed by atoms with van der Waals surface area (Å²) >= 11 is 0. The van der Waals surface area contributed by atoms with Gasteiger partial charge in [-0.2, -0.15) is 0 Å². The van der Waals surface area contributed by atoms with Crippen LogP contribution in [0.5, 0.6) is 0 Å². The predicted octanol–water partition coefficient (Wildman–Crippen LogP) is 1.76. The number of rotatable bonds is 2. The fourth-order valence-electron chi connectivity index (χ4n) is 2.10. The molecule has 1 unspecified atom stereocenters. The van der Waals surface area contributed by atoms with Crippen LogP contribution in [0.2, 0.25) is 0 Å². The molecule has 0 aromatic rings. The van der Waals surface area contributed by atoms with Crippen LogP contribution in [0.4, 0.5) is 0 Å². The van der Waals surface area contributed by atoms with Gasteiger partial charge in [-0.1, -0.05) is 27.7 Å². The third kappa shape index (κ3) is 2.71. The van der Waals surface area contributed by atoms with Gasteiger partial charge in [-0.3, -0.25) is 4.79 Å². The van der Waals surface area contributed by atoms with Crippen LogP contribution in [0, 0.1) is 5.41 Å². The number of carbonyl (C=O) groups is 1. The van der Waals surface area contributed by atoms with Gasteiger partial charge in [-0.15, -0.1) is 0 Å². The molecule has 0 aromatic carbocycles. The van der Waals surface area contributed by atoms with Gasteiger partial charge in [-0.05, 0) is 24.7 Å². The Bertz CT molecular complexity index is 232. The molecular weight excluding hydrogens is 188 g/mol. The van der Waals surface area contributed by atoms with Crippen LogP contribution in [0.3, 0.4) is 0 Å². The van der Waals surface area contributed by atoms with E-state index in [9.17, 15) is 4.79 Å². The molecule has 1 amide bonds. The van der Waals surface area contributed by atoms with Gasteiger partial charge in [0.2, 0.25) is 5.91 Å². The number of carbonyl (C=O) groups excluding carboxylic acids is 1. The Labute approximate surface area is 93.0 Å². The van der Waals surface area contributed by atoms with E-state index in [1.165, 1.54) is 0 Å². The minimum absolute atomic E-state index is 0.131. The van der Waals surface area contributed by atoms with Gasteiger partial charge in [0.1, 0.15) is 0 Å². The fourth-order valence-corrected chi connectivity index (χ4v) is 2.10. The average Bonchev–Trinajstić information content (AvgIpc) is 2.61. The van der Waals surface area contributed by atoms with E-state index < -0.39 is 0 Å². The Morgan fingerprint density at radius 3 is 2.60 bits per heavy atom. The third-order valence-electron chi connectivity index (χ3n) is 3.33. The molecule has 1 rings (SSSR count). The van der Waals surface area contributed by atoms with Crippen molar-refractivity contribution in [3.8, 4) is 0 Å². The number of hydrogen-bond donors (Lipinski definition) is 1. The summed E-state index contributed by atoms with van der Waals surface area (Å²) in [5.41, 5.74) is 5.86. The maximum atomic E-state index is 12.2. The first kappa shape index (κ1) is 12.5. The van der Waals surface area contributed by atoms with Crippen molar-refractivity contribution in [3.63, 3.8) is 0 Å². The summed E-state index contributed by atoms with van der Waals surface area (Å²) in [6.07, 6.45) is 3.31. The lowest BCUT2D eigenvalue weighted by Crippen LogP contribution is -2.51. The SMILES string of the molecule is CCC1CCCN1C(=O)[C@@H](N)C(C)(C)C. The number of amides is 1. The minimum Gasteiger partial charge on any atom is -0.338 e. The summed E-state index contributed by atoms with van der Waals surface area (Å²) in [6, 6.07) is 0.0514. The second kappa shape index (κ2) is 4.52. The summed E-state index contributed by atoms with van der Waals surface area (Å²) in [7, 11) is 0. The van der Waals surface area contributed by atoms with E-state index in [-0.39, 0.29) is 17.4 Å². The van der Waals surface area contributed by atoms with Crippen molar-refractivity contribution in [3.05, 3.63) is 0 Å². The Hall–Kier alpha value is -0.570. The number of likely N-dealkylation sites (tertiary alicyclic amines) is 1. The second-order valence-electron chi connectivity index (χ2n) is 5.58. The molecule has 0 aliphatic carbocycles. The van der Waals surface area contributed by atoms with Crippen LogP contribution in [0.25, 0.3) is 0 Å². The molecule has 2 atom stereocenters. The molecule has 1 saturated heterocycles. The Kier molecular flexibility index (Phi) is 3.77. The lowest BCUT2D eigenvalue weighted by Gasteiger charge is -2.32. The Morgan fingerprint density at radius 1 is 1.53 bits per heavy atom. The number of nitrogens with zero attached hydrogens (tertiary/aromatic N) is 1. The predicted molar refractivity (Wildman–Crippen MR) is 62.5 cm³/mol. The lowest BCUT2D eigenvalue weighted by molar-refractivity contribution is -0.135. The summed E-state index contributed by atoms with van der Waals surface area (Å²) in [6.45, 7) is 9.09. The summed E-state index contributed by atoms with van der Waals surface area (Å²) in [5.74, 6) is 0.131. The Balaban J connectivity index is 2.68. The molecule has 0 bridgehead atoms. The van der Waals surface area contributed by atoms with E-state index >= 15 is 0 Å². The lowest BCUT2D eigenvalue weighted by atomic mass is 9.86. The molecule has 0 spiro atoms. The fraction of sp³-hybridized carbons (Fsp3) is 0.917. The highest BCUT2D eigenvalue weighted by atomic mass is 16.2. The molecule has 0 saturated carbocycles. The minimum atomic E-state index is -0.371. The quantitative estimate of drug-likeness (QED) is 0.758. The number of hydrogen-bond acceptors (Lipinski definition) is 2. The zero-order valence-corrected chi connectivity index (χ0v) is 10.4. The maximum absolute atomic E-state index is 12.2. The Morgan fingerprint density at radius 2 is 2.13 bits per heavy atom.